The third kappa shape index (κ3) is 2.92. The fourth-order valence-corrected chi connectivity index (χ4v) is 1.25. The number of aromatic nitrogens is 3. The van der Waals surface area contributed by atoms with Gasteiger partial charge in [0, 0.05) is 25.2 Å². The van der Waals surface area contributed by atoms with Gasteiger partial charge in [-0.3, -0.25) is 0 Å². The van der Waals surface area contributed by atoms with E-state index in [0.717, 1.165) is 12.2 Å². The van der Waals surface area contributed by atoms with Gasteiger partial charge >= 0.3 is 0 Å². The van der Waals surface area contributed by atoms with Crippen LogP contribution in [0.1, 0.15) is 17.9 Å². The summed E-state index contributed by atoms with van der Waals surface area (Å²) < 4.78 is 12.7. The van der Waals surface area contributed by atoms with Crippen LogP contribution < -0.4 is 0 Å². The number of hydrogen-bond acceptors (Lipinski definition) is 2. The highest BCUT2D eigenvalue weighted by Gasteiger charge is 1.92. The van der Waals surface area contributed by atoms with Crippen LogP contribution in [0.15, 0.2) is 30.6 Å². The van der Waals surface area contributed by atoms with Gasteiger partial charge in [0.25, 0.3) is 0 Å². The first kappa shape index (κ1) is 10.4. The summed E-state index contributed by atoms with van der Waals surface area (Å²) in [5.41, 5.74) is 0.458. The van der Waals surface area contributed by atoms with Crippen LogP contribution in [0.25, 0.3) is 0 Å². The molecule has 2 heterocycles. The molecule has 2 aromatic heterocycles. The zero-order valence-corrected chi connectivity index (χ0v) is 8.57. The van der Waals surface area contributed by atoms with Crippen LogP contribution in [0.5, 0.6) is 0 Å². The normalized spacial score (nSPS) is 9.56. The summed E-state index contributed by atoms with van der Waals surface area (Å²) in [5.74, 6) is 6.14. The van der Waals surface area contributed by atoms with Gasteiger partial charge in [0.05, 0.1) is 0 Å². The Labute approximate surface area is 92.8 Å². The summed E-state index contributed by atoms with van der Waals surface area (Å²) >= 11 is 0. The molecule has 80 valence electrons. The molecule has 2 rings (SSSR count). The van der Waals surface area contributed by atoms with E-state index in [9.17, 15) is 4.39 Å². The predicted octanol–water partition coefficient (Wildman–Crippen LogP) is 1.93. The molecule has 0 amide bonds. The summed E-state index contributed by atoms with van der Waals surface area (Å²) in [7, 11) is 0. The Hall–Kier alpha value is -2.15. The number of aryl methyl sites for hydroxylation is 1. The van der Waals surface area contributed by atoms with E-state index in [1.807, 2.05) is 0 Å². The van der Waals surface area contributed by atoms with E-state index >= 15 is 0 Å². The van der Waals surface area contributed by atoms with Crippen molar-refractivity contribution in [1.29, 1.82) is 0 Å². The highest BCUT2D eigenvalue weighted by atomic mass is 19.1. The van der Waals surface area contributed by atoms with Gasteiger partial charge < -0.3 is 4.98 Å². The maximum Gasteiger partial charge on any atom is 0.214 e. The smallest absolute Gasteiger partial charge is 0.214 e. The van der Waals surface area contributed by atoms with Gasteiger partial charge in [-0.2, -0.15) is 4.39 Å². The summed E-state index contributed by atoms with van der Waals surface area (Å²) in [6.45, 7) is 0. The molecule has 0 fully saturated rings. The molecule has 0 unspecified atom stereocenters. The highest BCUT2D eigenvalue weighted by Crippen LogP contribution is 1.97. The van der Waals surface area contributed by atoms with Gasteiger partial charge in [0.15, 0.2) is 0 Å². The standard InChI is InChI=1S/C12H10FN3/c13-11-6-3-5-10(16-11)4-1-2-7-12-14-8-9-15-12/h3,5-6,8-9H,2,7H2,(H,14,15). The molecule has 0 radical (unpaired) electrons. The zero-order valence-electron chi connectivity index (χ0n) is 8.57. The molecule has 0 saturated heterocycles. The van der Waals surface area contributed by atoms with Crippen molar-refractivity contribution in [3.63, 3.8) is 0 Å². The molecule has 0 spiro atoms. The molecule has 0 aromatic carbocycles. The molecule has 0 aliphatic carbocycles. The number of aromatic amines is 1. The Kier molecular flexibility index (Phi) is 3.29. The van der Waals surface area contributed by atoms with Crippen LogP contribution in [-0.4, -0.2) is 15.0 Å². The Morgan fingerprint density at radius 2 is 2.31 bits per heavy atom. The van der Waals surface area contributed by atoms with Crippen molar-refractivity contribution in [2.45, 2.75) is 12.8 Å². The molecule has 16 heavy (non-hydrogen) atoms. The van der Waals surface area contributed by atoms with E-state index in [1.54, 1.807) is 24.5 Å². The second kappa shape index (κ2) is 5.08. The van der Waals surface area contributed by atoms with Crippen LogP contribution in [-0.2, 0) is 6.42 Å². The maximum atomic E-state index is 12.7. The summed E-state index contributed by atoms with van der Waals surface area (Å²) in [4.78, 5) is 10.7. The molecule has 0 atom stereocenters. The number of rotatable bonds is 2. The molecule has 4 heteroatoms. The minimum Gasteiger partial charge on any atom is -0.349 e. The first-order valence-corrected chi connectivity index (χ1v) is 4.94. The monoisotopic (exact) mass is 215 g/mol. The lowest BCUT2D eigenvalue weighted by Crippen LogP contribution is -1.87. The highest BCUT2D eigenvalue weighted by molar-refractivity contribution is 5.26. The average molecular weight is 215 g/mol. The van der Waals surface area contributed by atoms with E-state index in [0.29, 0.717) is 12.1 Å². The minimum atomic E-state index is -0.502. The van der Waals surface area contributed by atoms with E-state index in [2.05, 4.69) is 26.8 Å². The molecule has 3 nitrogen and oxygen atoms in total. The van der Waals surface area contributed by atoms with Crippen LogP contribution in [0.3, 0.4) is 0 Å². The van der Waals surface area contributed by atoms with Gasteiger partial charge in [-0.25, -0.2) is 9.97 Å². The summed E-state index contributed by atoms with van der Waals surface area (Å²) in [5, 5.41) is 0. The average Bonchev–Trinajstić information content (AvgIpc) is 2.77. The van der Waals surface area contributed by atoms with Crippen molar-refractivity contribution in [3.05, 3.63) is 48.1 Å². The van der Waals surface area contributed by atoms with E-state index in [4.69, 9.17) is 0 Å². The molecular formula is C12H10FN3. The second-order valence-corrected chi connectivity index (χ2v) is 3.18. The van der Waals surface area contributed by atoms with Gasteiger partial charge in [-0.15, -0.1) is 0 Å². The molecule has 2 aromatic rings. The van der Waals surface area contributed by atoms with Crippen molar-refractivity contribution in [3.8, 4) is 11.8 Å². The van der Waals surface area contributed by atoms with Gasteiger partial charge in [0.1, 0.15) is 11.5 Å². The van der Waals surface area contributed by atoms with Gasteiger partial charge in [0.2, 0.25) is 5.95 Å². The van der Waals surface area contributed by atoms with E-state index < -0.39 is 5.95 Å². The third-order valence-electron chi connectivity index (χ3n) is 1.97. The van der Waals surface area contributed by atoms with Crippen LogP contribution in [0.4, 0.5) is 4.39 Å². The fraction of sp³-hybridized carbons (Fsp3) is 0.167. The fourth-order valence-electron chi connectivity index (χ4n) is 1.25. The quantitative estimate of drug-likeness (QED) is 0.614. The predicted molar refractivity (Wildman–Crippen MR) is 58.0 cm³/mol. The lowest BCUT2D eigenvalue weighted by molar-refractivity contribution is 0.582. The largest absolute Gasteiger partial charge is 0.349 e. The number of H-pyrrole nitrogens is 1. The Morgan fingerprint density at radius 1 is 1.38 bits per heavy atom. The Balaban J connectivity index is 1.91. The van der Waals surface area contributed by atoms with E-state index in [-0.39, 0.29) is 0 Å². The minimum absolute atomic E-state index is 0.458. The van der Waals surface area contributed by atoms with E-state index in [1.165, 1.54) is 6.07 Å². The summed E-state index contributed by atoms with van der Waals surface area (Å²) in [6.07, 6.45) is 4.91. The SMILES string of the molecule is Fc1cccc(C#CCCc2ncc[nH]2)n1. The summed E-state index contributed by atoms with van der Waals surface area (Å²) in [6, 6.07) is 4.58. The molecule has 0 aliphatic heterocycles. The topological polar surface area (TPSA) is 41.6 Å². The molecule has 0 aliphatic rings. The molecular weight excluding hydrogens is 205 g/mol. The molecule has 1 N–H and O–H groups in total. The number of nitrogens with one attached hydrogen (secondary N) is 1. The number of pyridine rings is 1. The number of hydrogen-bond donors (Lipinski definition) is 1. The first-order chi connectivity index (χ1) is 7.84. The Morgan fingerprint density at radius 3 is 3.06 bits per heavy atom. The molecule has 0 bridgehead atoms. The number of nitrogens with zero attached hydrogens (tertiary/aromatic N) is 2. The maximum absolute atomic E-state index is 12.7. The van der Waals surface area contributed by atoms with Crippen molar-refractivity contribution < 1.29 is 4.39 Å². The third-order valence-corrected chi connectivity index (χ3v) is 1.97. The van der Waals surface area contributed by atoms with Crippen LogP contribution >= 0.6 is 0 Å². The van der Waals surface area contributed by atoms with Crippen LogP contribution in [0.2, 0.25) is 0 Å². The zero-order chi connectivity index (χ0) is 11.2. The van der Waals surface area contributed by atoms with Crippen molar-refractivity contribution >= 4 is 0 Å². The number of halogens is 1. The van der Waals surface area contributed by atoms with Crippen molar-refractivity contribution in [2.75, 3.05) is 0 Å². The Bertz CT molecular complexity index is 509. The van der Waals surface area contributed by atoms with Gasteiger partial charge in [-0.05, 0) is 18.1 Å². The first-order valence-electron chi connectivity index (χ1n) is 4.94. The second-order valence-electron chi connectivity index (χ2n) is 3.18. The molecule has 0 saturated carbocycles. The van der Waals surface area contributed by atoms with Crippen molar-refractivity contribution in [2.24, 2.45) is 0 Å². The lowest BCUT2D eigenvalue weighted by Gasteiger charge is -1.90. The van der Waals surface area contributed by atoms with Crippen molar-refractivity contribution in [1.82, 2.24) is 15.0 Å². The van der Waals surface area contributed by atoms with Crippen LogP contribution in [0, 0.1) is 17.8 Å². The van der Waals surface area contributed by atoms with Gasteiger partial charge in [-0.1, -0.05) is 12.0 Å². The number of imidazole rings is 1. The lowest BCUT2D eigenvalue weighted by atomic mass is 10.3.